The largest absolute Gasteiger partial charge is 0.508 e. The maximum absolute atomic E-state index is 12.6. The van der Waals surface area contributed by atoms with Gasteiger partial charge in [-0.25, -0.2) is 4.79 Å². The lowest BCUT2D eigenvalue weighted by Crippen LogP contribution is -2.41. The van der Waals surface area contributed by atoms with Crippen molar-refractivity contribution in [2.24, 2.45) is 0 Å². The molecule has 1 amide bonds. The van der Waals surface area contributed by atoms with E-state index in [1.165, 1.54) is 12.1 Å². The van der Waals surface area contributed by atoms with Gasteiger partial charge in [0.25, 0.3) is 0 Å². The first kappa shape index (κ1) is 25.7. The van der Waals surface area contributed by atoms with Gasteiger partial charge in [0.1, 0.15) is 11.8 Å². The molecule has 3 N–H and O–H groups in total. The Bertz CT molecular complexity index is 1420. The van der Waals surface area contributed by atoms with Gasteiger partial charge >= 0.3 is 5.97 Å². The normalized spacial score (nSPS) is 11.8. The highest BCUT2D eigenvalue weighted by Gasteiger charge is 2.21. The molecular weight excluding hydrogens is 486 g/mol. The van der Waals surface area contributed by atoms with Crippen LogP contribution in [0.25, 0.3) is 17.2 Å². The van der Waals surface area contributed by atoms with Crippen LogP contribution in [-0.2, 0) is 22.4 Å². The Labute approximate surface area is 220 Å². The maximum atomic E-state index is 12.6. The highest BCUT2D eigenvalue weighted by molar-refractivity contribution is 6.30. The number of hydrogen-bond acceptors (Lipinski definition) is 3. The Balaban J connectivity index is 1.46. The molecule has 0 aliphatic rings. The van der Waals surface area contributed by atoms with E-state index in [1.807, 2.05) is 78.9 Å². The van der Waals surface area contributed by atoms with Gasteiger partial charge in [0.05, 0.1) is 0 Å². The van der Waals surface area contributed by atoms with E-state index in [-0.39, 0.29) is 12.2 Å². The van der Waals surface area contributed by atoms with Crippen LogP contribution in [0.4, 0.5) is 0 Å². The minimum absolute atomic E-state index is 0.0867. The van der Waals surface area contributed by atoms with Crippen molar-refractivity contribution in [2.45, 2.75) is 18.9 Å². The number of rotatable bonds is 9. The molecule has 4 aromatic rings. The molecule has 0 aliphatic heterocycles. The molecule has 186 valence electrons. The lowest BCUT2D eigenvalue weighted by atomic mass is 9.95. The SMILES string of the molecule is O=C(C=Cc1cccc(-c2ccc(Cl)cc2)c1)N[C@@H](Cc1ccc(O)cc1Cc1ccccc1)C(=O)O. The zero-order valence-electron chi connectivity index (χ0n) is 20.0. The van der Waals surface area contributed by atoms with Crippen LogP contribution in [0.15, 0.2) is 103 Å². The van der Waals surface area contributed by atoms with E-state index in [4.69, 9.17) is 11.6 Å². The Morgan fingerprint density at radius 3 is 2.32 bits per heavy atom. The van der Waals surface area contributed by atoms with Gasteiger partial charge in [-0.15, -0.1) is 0 Å². The van der Waals surface area contributed by atoms with Gasteiger partial charge in [0.15, 0.2) is 0 Å². The maximum Gasteiger partial charge on any atom is 0.326 e. The van der Waals surface area contributed by atoms with Crippen LogP contribution in [0.2, 0.25) is 5.02 Å². The van der Waals surface area contributed by atoms with Gasteiger partial charge < -0.3 is 15.5 Å². The highest BCUT2D eigenvalue weighted by atomic mass is 35.5. The summed E-state index contributed by atoms with van der Waals surface area (Å²) < 4.78 is 0. The number of hydrogen-bond donors (Lipinski definition) is 3. The van der Waals surface area contributed by atoms with Crippen LogP contribution < -0.4 is 5.32 Å². The number of carboxylic acids is 1. The number of halogens is 1. The topological polar surface area (TPSA) is 86.6 Å². The van der Waals surface area contributed by atoms with Crippen molar-refractivity contribution >= 4 is 29.6 Å². The summed E-state index contributed by atoms with van der Waals surface area (Å²) in [5.74, 6) is -1.53. The summed E-state index contributed by atoms with van der Waals surface area (Å²) in [6.45, 7) is 0. The number of carboxylic acid groups (broad SMARTS) is 1. The standard InChI is InChI=1S/C31H26ClNO4/c32-27-13-10-23(11-14-27)24-8-4-7-22(17-24)9-16-30(35)33-29(31(36)37)20-25-12-15-28(34)19-26(25)18-21-5-2-1-3-6-21/h1-17,19,29,34H,18,20H2,(H,33,35)(H,36,37)/t29-/m0/s1. The first-order valence-electron chi connectivity index (χ1n) is 11.8. The third-order valence-electron chi connectivity index (χ3n) is 5.96. The molecule has 0 saturated heterocycles. The predicted molar refractivity (Wildman–Crippen MR) is 147 cm³/mol. The quantitative estimate of drug-likeness (QED) is 0.236. The van der Waals surface area contributed by atoms with Crippen molar-refractivity contribution < 1.29 is 19.8 Å². The summed E-state index contributed by atoms with van der Waals surface area (Å²) in [6.07, 6.45) is 3.60. The van der Waals surface area contributed by atoms with E-state index >= 15 is 0 Å². The van der Waals surface area contributed by atoms with Gasteiger partial charge in [-0.1, -0.05) is 78.3 Å². The molecule has 4 rings (SSSR count). The summed E-state index contributed by atoms with van der Waals surface area (Å²) in [6, 6.07) is 28.6. The molecule has 6 heteroatoms. The van der Waals surface area contributed by atoms with Gasteiger partial charge in [0.2, 0.25) is 5.91 Å². The number of benzene rings is 4. The van der Waals surface area contributed by atoms with E-state index in [0.29, 0.717) is 11.4 Å². The second-order valence-electron chi connectivity index (χ2n) is 8.68. The van der Waals surface area contributed by atoms with E-state index < -0.39 is 17.9 Å². The van der Waals surface area contributed by atoms with Crippen molar-refractivity contribution in [3.8, 4) is 16.9 Å². The molecule has 0 spiro atoms. The van der Waals surface area contributed by atoms with Gasteiger partial charge in [-0.3, -0.25) is 4.79 Å². The molecule has 0 radical (unpaired) electrons. The summed E-state index contributed by atoms with van der Waals surface area (Å²) >= 11 is 5.97. The summed E-state index contributed by atoms with van der Waals surface area (Å²) in [7, 11) is 0. The van der Waals surface area contributed by atoms with E-state index in [2.05, 4.69) is 5.32 Å². The number of amides is 1. The minimum atomic E-state index is -1.13. The van der Waals surface area contributed by atoms with Crippen LogP contribution in [0.3, 0.4) is 0 Å². The predicted octanol–water partition coefficient (Wildman–Crippen LogP) is 6.13. The summed E-state index contributed by atoms with van der Waals surface area (Å²) in [5, 5.41) is 23.0. The lowest BCUT2D eigenvalue weighted by Gasteiger charge is -2.17. The third-order valence-corrected chi connectivity index (χ3v) is 6.21. The van der Waals surface area contributed by atoms with Crippen molar-refractivity contribution in [1.29, 1.82) is 0 Å². The molecule has 0 aliphatic carbocycles. The van der Waals surface area contributed by atoms with Crippen LogP contribution in [-0.4, -0.2) is 28.1 Å². The smallest absolute Gasteiger partial charge is 0.326 e. The number of nitrogens with one attached hydrogen (secondary N) is 1. The Hall–Kier alpha value is -4.35. The lowest BCUT2D eigenvalue weighted by molar-refractivity contribution is -0.141. The fourth-order valence-corrected chi connectivity index (χ4v) is 4.19. The molecule has 0 heterocycles. The number of phenols is 1. The van der Waals surface area contributed by atoms with Crippen molar-refractivity contribution in [2.75, 3.05) is 0 Å². The first-order valence-corrected chi connectivity index (χ1v) is 12.2. The molecule has 5 nitrogen and oxygen atoms in total. The second kappa shape index (κ2) is 12.1. The van der Waals surface area contributed by atoms with Crippen LogP contribution >= 0.6 is 11.6 Å². The van der Waals surface area contributed by atoms with Crippen molar-refractivity contribution in [1.82, 2.24) is 5.32 Å². The zero-order chi connectivity index (χ0) is 26.2. The number of aromatic hydroxyl groups is 1. The number of carbonyl (C=O) groups excluding carboxylic acids is 1. The van der Waals surface area contributed by atoms with Gasteiger partial charge in [0, 0.05) is 17.5 Å². The third kappa shape index (κ3) is 7.32. The highest BCUT2D eigenvalue weighted by Crippen LogP contribution is 2.23. The summed E-state index contributed by atoms with van der Waals surface area (Å²) in [4.78, 5) is 24.6. The van der Waals surface area contributed by atoms with Crippen LogP contribution in [0.1, 0.15) is 22.3 Å². The van der Waals surface area contributed by atoms with E-state index in [9.17, 15) is 19.8 Å². The Morgan fingerprint density at radius 1 is 0.838 bits per heavy atom. The second-order valence-corrected chi connectivity index (χ2v) is 9.12. The number of phenolic OH excluding ortho intramolecular Hbond substituents is 1. The van der Waals surface area contributed by atoms with Gasteiger partial charge in [-0.05, 0) is 76.2 Å². The fourth-order valence-electron chi connectivity index (χ4n) is 4.07. The average molecular weight is 512 g/mol. The zero-order valence-corrected chi connectivity index (χ0v) is 20.7. The molecule has 37 heavy (non-hydrogen) atoms. The molecule has 0 bridgehead atoms. The van der Waals surface area contributed by atoms with Crippen LogP contribution in [0, 0.1) is 0 Å². The van der Waals surface area contributed by atoms with E-state index in [1.54, 1.807) is 18.2 Å². The van der Waals surface area contributed by atoms with Gasteiger partial charge in [-0.2, -0.15) is 0 Å². The molecule has 4 aromatic carbocycles. The molecule has 0 saturated carbocycles. The summed E-state index contributed by atoms with van der Waals surface area (Å²) in [5.41, 5.74) is 5.36. The van der Waals surface area contributed by atoms with E-state index in [0.717, 1.165) is 33.4 Å². The average Bonchev–Trinajstić information content (AvgIpc) is 2.89. The van der Waals surface area contributed by atoms with Crippen LogP contribution in [0.5, 0.6) is 5.75 Å². The van der Waals surface area contributed by atoms with Crippen molar-refractivity contribution in [3.05, 3.63) is 130 Å². The monoisotopic (exact) mass is 511 g/mol. The first-order chi connectivity index (χ1) is 17.9. The molecule has 0 unspecified atom stereocenters. The molecule has 1 atom stereocenters. The minimum Gasteiger partial charge on any atom is -0.508 e. The van der Waals surface area contributed by atoms with Crippen molar-refractivity contribution in [3.63, 3.8) is 0 Å². The fraction of sp³-hybridized carbons (Fsp3) is 0.0968. The molecule has 0 aromatic heterocycles. The number of aliphatic carboxylic acids is 1. The molecular formula is C31H26ClNO4. The number of carbonyl (C=O) groups is 2. The molecule has 0 fully saturated rings. The Morgan fingerprint density at radius 2 is 1.59 bits per heavy atom. The Kier molecular flexibility index (Phi) is 8.39.